The van der Waals surface area contributed by atoms with Crippen LogP contribution in [0.25, 0.3) is 16.6 Å². The number of methoxy groups -OCH3 is 1. The molecule has 0 amide bonds. The van der Waals surface area contributed by atoms with Crippen LogP contribution in [0.5, 0.6) is 0 Å². The first-order valence-electron chi connectivity index (χ1n) is 10.5. The number of hydrogen-bond donors (Lipinski definition) is 0. The van der Waals surface area contributed by atoms with Crippen LogP contribution >= 0.6 is 0 Å². The van der Waals surface area contributed by atoms with Crippen LogP contribution < -0.4 is 0 Å². The topological polar surface area (TPSA) is 31.2 Å². The maximum Gasteiger partial charge on any atom is 0.305 e. The van der Waals surface area contributed by atoms with E-state index < -0.39 is 0 Å². The third-order valence-electron chi connectivity index (χ3n) is 5.70. The molecule has 3 nitrogen and oxygen atoms in total. The number of benzene rings is 3. The van der Waals surface area contributed by atoms with Crippen molar-refractivity contribution in [1.82, 2.24) is 4.57 Å². The zero-order valence-electron chi connectivity index (χ0n) is 17.6. The second-order valence-corrected chi connectivity index (χ2v) is 7.72. The molecule has 0 aliphatic carbocycles. The summed E-state index contributed by atoms with van der Waals surface area (Å²) in [7, 11) is 1.44. The Morgan fingerprint density at radius 2 is 1.63 bits per heavy atom. The molecule has 0 N–H and O–H groups in total. The predicted octanol–water partition coefficient (Wildman–Crippen LogP) is 5.83. The maximum atomic E-state index is 11.6. The molecule has 1 heterocycles. The van der Waals surface area contributed by atoms with Gasteiger partial charge in [-0.15, -0.1) is 0 Å². The fourth-order valence-corrected chi connectivity index (χ4v) is 4.01. The van der Waals surface area contributed by atoms with Crippen molar-refractivity contribution < 1.29 is 9.53 Å². The number of aryl methyl sites for hydroxylation is 4. The molecule has 0 saturated heterocycles. The number of aromatic nitrogens is 1. The van der Waals surface area contributed by atoms with Crippen molar-refractivity contribution in [3.8, 4) is 5.69 Å². The van der Waals surface area contributed by atoms with Crippen LogP contribution in [0.3, 0.4) is 0 Å². The molecule has 1 aromatic heterocycles. The van der Waals surface area contributed by atoms with Crippen LogP contribution in [0.2, 0.25) is 0 Å². The Balaban J connectivity index is 1.73. The lowest BCUT2D eigenvalue weighted by molar-refractivity contribution is -0.140. The van der Waals surface area contributed by atoms with Crippen molar-refractivity contribution >= 4 is 16.9 Å². The van der Waals surface area contributed by atoms with Gasteiger partial charge in [0.2, 0.25) is 0 Å². The van der Waals surface area contributed by atoms with E-state index in [1.807, 2.05) is 0 Å². The van der Waals surface area contributed by atoms with Crippen molar-refractivity contribution in [3.05, 3.63) is 101 Å². The van der Waals surface area contributed by atoms with Gasteiger partial charge in [-0.05, 0) is 66.6 Å². The van der Waals surface area contributed by atoms with Crippen molar-refractivity contribution in [2.24, 2.45) is 0 Å². The first kappa shape index (κ1) is 20.0. The summed E-state index contributed by atoms with van der Waals surface area (Å²) in [5, 5.41) is 1.26. The number of ether oxygens (including phenoxy) is 1. The molecule has 0 aliphatic heterocycles. The molecule has 0 bridgehead atoms. The molecule has 4 rings (SSSR count). The van der Waals surface area contributed by atoms with E-state index in [1.165, 1.54) is 40.4 Å². The lowest BCUT2D eigenvalue weighted by Crippen LogP contribution is -2.02. The van der Waals surface area contributed by atoms with Crippen molar-refractivity contribution in [2.45, 2.75) is 32.6 Å². The first-order chi connectivity index (χ1) is 14.7. The van der Waals surface area contributed by atoms with E-state index in [-0.39, 0.29) is 5.97 Å². The molecule has 4 aromatic rings. The van der Waals surface area contributed by atoms with Gasteiger partial charge in [0.25, 0.3) is 0 Å². The standard InChI is InChI=1S/C27H27NO2/c1-20-8-6-7-11-25(20)28-19-23(15-12-21-9-4-3-5-10-21)24-18-22(13-16-26(24)28)14-17-27(29)30-2/h3-11,13,16,18-19H,12,14-15,17H2,1-2H3. The van der Waals surface area contributed by atoms with Crippen LogP contribution in [0, 0.1) is 6.92 Å². The summed E-state index contributed by atoms with van der Waals surface area (Å²) in [6.45, 7) is 2.15. The van der Waals surface area contributed by atoms with Crippen LogP contribution in [0.4, 0.5) is 0 Å². The highest BCUT2D eigenvalue weighted by atomic mass is 16.5. The van der Waals surface area contributed by atoms with E-state index in [4.69, 9.17) is 4.74 Å². The van der Waals surface area contributed by atoms with Gasteiger partial charge in [-0.3, -0.25) is 4.79 Å². The molecule has 0 fully saturated rings. The minimum atomic E-state index is -0.170. The van der Waals surface area contributed by atoms with Crippen LogP contribution in [0.1, 0.15) is 28.7 Å². The molecule has 152 valence electrons. The fraction of sp³-hybridized carbons (Fsp3) is 0.222. The van der Waals surface area contributed by atoms with E-state index >= 15 is 0 Å². The van der Waals surface area contributed by atoms with Crippen molar-refractivity contribution in [1.29, 1.82) is 0 Å². The number of carbonyl (C=O) groups is 1. The Labute approximate surface area is 177 Å². The molecule has 0 aliphatic rings. The first-order valence-corrected chi connectivity index (χ1v) is 10.5. The Bertz CT molecular complexity index is 1160. The lowest BCUT2D eigenvalue weighted by atomic mass is 10.0. The van der Waals surface area contributed by atoms with Gasteiger partial charge >= 0.3 is 5.97 Å². The zero-order chi connectivity index (χ0) is 20.9. The SMILES string of the molecule is COC(=O)CCc1ccc2c(c1)c(CCc1ccccc1)cn2-c1ccccc1C. The predicted molar refractivity (Wildman–Crippen MR) is 122 cm³/mol. The van der Waals surface area contributed by atoms with Crippen LogP contribution in [-0.4, -0.2) is 17.6 Å². The Kier molecular flexibility index (Phi) is 5.99. The third-order valence-corrected chi connectivity index (χ3v) is 5.70. The molecule has 0 spiro atoms. The summed E-state index contributed by atoms with van der Waals surface area (Å²) in [5.41, 5.74) is 7.49. The summed E-state index contributed by atoms with van der Waals surface area (Å²) in [6.07, 6.45) is 5.34. The van der Waals surface area contributed by atoms with Crippen molar-refractivity contribution in [2.75, 3.05) is 7.11 Å². The third kappa shape index (κ3) is 4.30. The van der Waals surface area contributed by atoms with E-state index in [0.717, 1.165) is 18.4 Å². The highest BCUT2D eigenvalue weighted by Gasteiger charge is 2.13. The van der Waals surface area contributed by atoms with Gasteiger partial charge in [-0.25, -0.2) is 0 Å². The van der Waals surface area contributed by atoms with Gasteiger partial charge in [0.05, 0.1) is 12.6 Å². The number of hydrogen-bond acceptors (Lipinski definition) is 2. The van der Waals surface area contributed by atoms with Gasteiger partial charge in [-0.2, -0.15) is 0 Å². The Hall–Kier alpha value is -3.33. The van der Waals surface area contributed by atoms with E-state index in [9.17, 15) is 4.79 Å². The van der Waals surface area contributed by atoms with Crippen molar-refractivity contribution in [3.63, 3.8) is 0 Å². The van der Waals surface area contributed by atoms with Crippen LogP contribution in [-0.2, 0) is 28.8 Å². The molecule has 30 heavy (non-hydrogen) atoms. The molecule has 0 atom stereocenters. The summed E-state index contributed by atoms with van der Waals surface area (Å²) in [5.74, 6) is -0.170. The van der Waals surface area contributed by atoms with E-state index in [1.54, 1.807) is 0 Å². The number of fused-ring (bicyclic) bond motifs is 1. The number of nitrogens with zero attached hydrogens (tertiary/aromatic N) is 1. The van der Waals surface area contributed by atoms with Gasteiger partial charge < -0.3 is 9.30 Å². The summed E-state index contributed by atoms with van der Waals surface area (Å²) >= 11 is 0. The normalized spacial score (nSPS) is 11.0. The molecule has 0 radical (unpaired) electrons. The van der Waals surface area contributed by atoms with Crippen LogP contribution in [0.15, 0.2) is 79.0 Å². The van der Waals surface area contributed by atoms with Gasteiger partial charge in [0.1, 0.15) is 0 Å². The molecule has 3 heteroatoms. The van der Waals surface area contributed by atoms with E-state index in [0.29, 0.717) is 12.8 Å². The summed E-state index contributed by atoms with van der Waals surface area (Å²) in [6, 6.07) is 25.6. The number of carbonyl (C=O) groups excluding carboxylic acids is 1. The second kappa shape index (κ2) is 9.00. The minimum absolute atomic E-state index is 0.170. The molecule has 3 aromatic carbocycles. The molecule has 0 saturated carbocycles. The van der Waals surface area contributed by atoms with Gasteiger partial charge in [0.15, 0.2) is 0 Å². The maximum absolute atomic E-state index is 11.6. The minimum Gasteiger partial charge on any atom is -0.469 e. The molecular weight excluding hydrogens is 370 g/mol. The Morgan fingerprint density at radius 1 is 0.867 bits per heavy atom. The molecule has 0 unspecified atom stereocenters. The number of para-hydroxylation sites is 1. The fourth-order valence-electron chi connectivity index (χ4n) is 4.01. The summed E-state index contributed by atoms with van der Waals surface area (Å²) in [4.78, 5) is 11.6. The van der Waals surface area contributed by atoms with E-state index in [2.05, 4.69) is 90.5 Å². The average molecular weight is 398 g/mol. The molecular formula is C27H27NO2. The quantitative estimate of drug-likeness (QED) is 0.367. The highest BCUT2D eigenvalue weighted by molar-refractivity contribution is 5.86. The number of rotatable bonds is 7. The van der Waals surface area contributed by atoms with Gasteiger partial charge in [0, 0.05) is 23.7 Å². The smallest absolute Gasteiger partial charge is 0.305 e. The average Bonchev–Trinajstić information content (AvgIpc) is 3.14. The largest absolute Gasteiger partial charge is 0.469 e. The Morgan fingerprint density at radius 3 is 2.40 bits per heavy atom. The number of esters is 1. The second-order valence-electron chi connectivity index (χ2n) is 7.72. The zero-order valence-corrected chi connectivity index (χ0v) is 17.6. The monoisotopic (exact) mass is 397 g/mol. The lowest BCUT2D eigenvalue weighted by Gasteiger charge is -2.09. The van der Waals surface area contributed by atoms with Gasteiger partial charge in [-0.1, -0.05) is 54.6 Å². The summed E-state index contributed by atoms with van der Waals surface area (Å²) < 4.78 is 7.10. The highest BCUT2D eigenvalue weighted by Crippen LogP contribution is 2.29.